The van der Waals surface area contributed by atoms with E-state index in [2.05, 4.69) is 27.7 Å². The molecule has 0 fully saturated rings. The zero-order valence-corrected chi connectivity index (χ0v) is 5.28. The lowest BCUT2D eigenvalue weighted by molar-refractivity contribution is 0.490. The first kappa shape index (κ1) is 7.00. The van der Waals surface area contributed by atoms with Crippen molar-refractivity contribution in [2.75, 3.05) is 0 Å². The van der Waals surface area contributed by atoms with E-state index in [0.29, 0.717) is 11.8 Å². The van der Waals surface area contributed by atoms with Crippen molar-refractivity contribution in [3.8, 4) is 0 Å². The molecule has 0 heterocycles. The molecule has 0 aromatic rings. The molecule has 0 heteroatoms. The van der Waals surface area contributed by atoms with Gasteiger partial charge in [0.05, 0.1) is 0 Å². The quantitative estimate of drug-likeness (QED) is 0.497. The molecule has 42 valence electrons. The second-order valence-corrected chi connectivity index (χ2v) is 2.15. The Morgan fingerprint density at radius 2 is 1.86 bits per heavy atom. The van der Waals surface area contributed by atoms with Crippen LogP contribution < -0.4 is 0 Å². The summed E-state index contributed by atoms with van der Waals surface area (Å²) >= 11 is 0. The fraction of sp³-hybridized carbons (Fsp3) is 0.714. The first-order chi connectivity index (χ1) is 3.18. The van der Waals surface area contributed by atoms with Gasteiger partial charge >= 0.3 is 0 Å². The molecule has 7 heavy (non-hydrogen) atoms. The molecule has 0 aliphatic heterocycles. The molecule has 0 aromatic heterocycles. The van der Waals surface area contributed by atoms with Gasteiger partial charge in [-0.1, -0.05) is 27.2 Å². The highest BCUT2D eigenvalue weighted by atomic mass is 14.1. The van der Waals surface area contributed by atoms with Crippen LogP contribution in [-0.2, 0) is 0 Å². The summed E-state index contributed by atoms with van der Waals surface area (Å²) in [6, 6.07) is 0. The highest BCUT2D eigenvalue weighted by Gasteiger charge is 2.01. The minimum atomic E-state index is 0.505. The molecule has 2 radical (unpaired) electrons. The molecule has 2 unspecified atom stereocenters. The van der Waals surface area contributed by atoms with Gasteiger partial charge in [0.1, 0.15) is 0 Å². The van der Waals surface area contributed by atoms with Crippen LogP contribution in [0.15, 0.2) is 0 Å². The van der Waals surface area contributed by atoms with Gasteiger partial charge in [0.2, 0.25) is 0 Å². The molecular formula is C7H14. The van der Waals surface area contributed by atoms with Crippen molar-refractivity contribution in [2.24, 2.45) is 11.8 Å². The lowest BCUT2D eigenvalue weighted by Crippen LogP contribution is -2.01. The van der Waals surface area contributed by atoms with Crippen LogP contribution in [-0.4, -0.2) is 0 Å². The van der Waals surface area contributed by atoms with Crippen LogP contribution >= 0.6 is 0 Å². The maximum absolute atomic E-state index is 3.89. The van der Waals surface area contributed by atoms with E-state index in [1.807, 2.05) is 0 Å². The second-order valence-electron chi connectivity index (χ2n) is 2.15. The Kier molecular flexibility index (Phi) is 3.06. The molecule has 0 amide bonds. The van der Waals surface area contributed by atoms with Gasteiger partial charge in [0, 0.05) is 0 Å². The van der Waals surface area contributed by atoms with Gasteiger partial charge in [-0.3, -0.25) is 0 Å². The predicted molar refractivity (Wildman–Crippen MR) is 33.7 cm³/mol. The Morgan fingerprint density at radius 3 is 1.86 bits per heavy atom. The Labute approximate surface area is 46.9 Å². The molecule has 0 aliphatic carbocycles. The van der Waals surface area contributed by atoms with Gasteiger partial charge in [-0.05, 0) is 18.8 Å². The fourth-order valence-corrected chi connectivity index (χ4v) is 0.402. The minimum absolute atomic E-state index is 0.505. The third kappa shape index (κ3) is 2.67. The highest BCUT2D eigenvalue weighted by Crippen LogP contribution is 2.10. The Bertz CT molecular complexity index is 37.3. The average molecular weight is 98.2 g/mol. The summed E-state index contributed by atoms with van der Waals surface area (Å²) in [5.41, 5.74) is 0. The van der Waals surface area contributed by atoms with E-state index in [1.165, 1.54) is 0 Å². The molecule has 0 aliphatic rings. The maximum Gasteiger partial charge on any atom is -0.0391 e. The van der Waals surface area contributed by atoms with Crippen LogP contribution in [0.5, 0.6) is 0 Å². The first-order valence-corrected chi connectivity index (χ1v) is 2.84. The third-order valence-corrected chi connectivity index (χ3v) is 1.33. The van der Waals surface area contributed by atoms with E-state index in [4.69, 9.17) is 0 Å². The first-order valence-electron chi connectivity index (χ1n) is 2.84. The highest BCUT2D eigenvalue weighted by molar-refractivity contribution is 4.67. The van der Waals surface area contributed by atoms with Crippen molar-refractivity contribution in [3.63, 3.8) is 0 Å². The van der Waals surface area contributed by atoms with E-state index in [0.717, 1.165) is 6.42 Å². The zero-order chi connectivity index (χ0) is 5.86. The van der Waals surface area contributed by atoms with Gasteiger partial charge in [0.15, 0.2) is 0 Å². The summed E-state index contributed by atoms with van der Waals surface area (Å²) < 4.78 is 0. The maximum atomic E-state index is 3.89. The van der Waals surface area contributed by atoms with E-state index in [9.17, 15) is 0 Å². The summed E-state index contributed by atoms with van der Waals surface area (Å²) in [4.78, 5) is 0. The predicted octanol–water partition coefficient (Wildman–Crippen LogP) is 2.32. The van der Waals surface area contributed by atoms with Crippen molar-refractivity contribution < 1.29 is 0 Å². The molecule has 0 saturated heterocycles. The number of hydrogen-bond acceptors (Lipinski definition) is 0. The van der Waals surface area contributed by atoms with Crippen molar-refractivity contribution in [1.82, 2.24) is 0 Å². The van der Waals surface area contributed by atoms with Crippen LogP contribution in [0.1, 0.15) is 20.3 Å². The van der Waals surface area contributed by atoms with Crippen molar-refractivity contribution in [3.05, 3.63) is 13.8 Å². The Morgan fingerprint density at radius 1 is 1.43 bits per heavy atom. The lowest BCUT2D eigenvalue weighted by atomic mass is 9.96. The van der Waals surface area contributed by atoms with E-state index in [-0.39, 0.29) is 0 Å². The largest absolute Gasteiger partial charge is 0.0651 e. The Balaban J connectivity index is 3.14. The molecule has 0 saturated carbocycles. The normalized spacial score (nSPS) is 15.0. The van der Waals surface area contributed by atoms with E-state index >= 15 is 0 Å². The van der Waals surface area contributed by atoms with Crippen molar-refractivity contribution >= 4 is 0 Å². The van der Waals surface area contributed by atoms with E-state index in [1.54, 1.807) is 0 Å². The monoisotopic (exact) mass is 98.1 g/mol. The number of hydrogen-bond donors (Lipinski definition) is 0. The summed E-state index contributed by atoms with van der Waals surface area (Å²) in [5, 5.41) is 0. The second kappa shape index (κ2) is 3.06. The molecule has 0 bridgehead atoms. The van der Waals surface area contributed by atoms with Gasteiger partial charge in [-0.25, -0.2) is 0 Å². The molecule has 0 aromatic carbocycles. The fourth-order valence-electron chi connectivity index (χ4n) is 0.402. The van der Waals surface area contributed by atoms with Crippen LogP contribution in [0.3, 0.4) is 0 Å². The lowest BCUT2D eigenvalue weighted by Gasteiger charge is -2.10. The summed E-state index contributed by atoms with van der Waals surface area (Å²) in [5.74, 6) is 1.05. The molecule has 2 atom stereocenters. The summed E-state index contributed by atoms with van der Waals surface area (Å²) in [7, 11) is 0. The molecule has 0 nitrogen and oxygen atoms in total. The van der Waals surface area contributed by atoms with Gasteiger partial charge in [0.25, 0.3) is 0 Å². The van der Waals surface area contributed by atoms with E-state index < -0.39 is 0 Å². The van der Waals surface area contributed by atoms with Gasteiger partial charge in [-0.2, -0.15) is 0 Å². The summed E-state index contributed by atoms with van der Waals surface area (Å²) in [6.45, 7) is 12.0. The summed E-state index contributed by atoms with van der Waals surface area (Å²) in [6.07, 6.45) is 1.14. The van der Waals surface area contributed by atoms with Crippen LogP contribution in [0.4, 0.5) is 0 Å². The average Bonchev–Trinajstić information content (AvgIpc) is 1.65. The van der Waals surface area contributed by atoms with Gasteiger partial charge in [-0.15, -0.1) is 0 Å². The van der Waals surface area contributed by atoms with Crippen molar-refractivity contribution in [2.45, 2.75) is 20.3 Å². The third-order valence-electron chi connectivity index (χ3n) is 1.33. The molecular weight excluding hydrogens is 84.1 g/mol. The standard InChI is InChI=1S/C7H14/c1-5-7(4)6(2)3/h6-7H,2,4-5H2,1,3H3. The minimum Gasteiger partial charge on any atom is -0.0651 e. The Hall–Kier alpha value is 0. The SMILES string of the molecule is [CH2]C(C)C([CH2])CC. The van der Waals surface area contributed by atoms with Gasteiger partial charge < -0.3 is 0 Å². The van der Waals surface area contributed by atoms with Crippen molar-refractivity contribution in [1.29, 1.82) is 0 Å². The van der Waals surface area contributed by atoms with Crippen LogP contribution in [0.25, 0.3) is 0 Å². The topological polar surface area (TPSA) is 0 Å². The smallest absolute Gasteiger partial charge is 0.0391 e. The van der Waals surface area contributed by atoms with Crippen LogP contribution in [0.2, 0.25) is 0 Å². The molecule has 0 rings (SSSR count). The number of rotatable bonds is 2. The zero-order valence-electron chi connectivity index (χ0n) is 5.28. The van der Waals surface area contributed by atoms with Crippen LogP contribution in [0, 0.1) is 25.7 Å². The molecule has 0 N–H and O–H groups in total. The molecule has 0 spiro atoms.